The number of hydrogen-bond acceptors (Lipinski definition) is 5. The van der Waals surface area contributed by atoms with Crippen LogP contribution in [0.25, 0.3) is 20.3 Å². The van der Waals surface area contributed by atoms with Crippen molar-refractivity contribution in [3.05, 3.63) is 82.2 Å². The lowest BCUT2D eigenvalue weighted by atomic mass is 9.97. The topological polar surface area (TPSA) is 64.0 Å². The van der Waals surface area contributed by atoms with Gasteiger partial charge in [0.15, 0.2) is 5.16 Å². The second kappa shape index (κ2) is 10.6. The molecule has 174 valence electrons. The molecule has 1 aliphatic rings. The highest BCUT2D eigenvalue weighted by atomic mass is 32.2. The van der Waals surface area contributed by atoms with Gasteiger partial charge >= 0.3 is 0 Å². The quantitative estimate of drug-likeness (QED) is 0.194. The Hall–Kier alpha value is -2.90. The van der Waals surface area contributed by atoms with Gasteiger partial charge in [-0.1, -0.05) is 71.9 Å². The van der Waals surface area contributed by atoms with Gasteiger partial charge in [0.05, 0.1) is 17.8 Å². The Kier molecular flexibility index (Phi) is 7.11. The average Bonchev–Trinajstić information content (AvgIpc) is 3.25. The first-order chi connectivity index (χ1) is 16.7. The summed E-state index contributed by atoms with van der Waals surface area (Å²) in [5.74, 6) is 0.200. The van der Waals surface area contributed by atoms with Crippen molar-refractivity contribution in [1.29, 1.82) is 0 Å². The number of fused-ring (bicyclic) bond motifs is 3. The molecular formula is C27H27N3O2S2. The third-order valence-corrected chi connectivity index (χ3v) is 8.24. The highest BCUT2D eigenvalue weighted by Crippen LogP contribution is 2.32. The Labute approximate surface area is 206 Å². The van der Waals surface area contributed by atoms with Crippen LogP contribution in [0.1, 0.15) is 37.7 Å². The van der Waals surface area contributed by atoms with Crippen molar-refractivity contribution in [3.8, 4) is 0 Å². The van der Waals surface area contributed by atoms with Crippen LogP contribution in [0.2, 0.25) is 0 Å². The molecule has 1 amide bonds. The van der Waals surface area contributed by atoms with Crippen molar-refractivity contribution >= 4 is 49.3 Å². The molecule has 0 spiro atoms. The number of carbonyl (C=O) groups is 1. The zero-order chi connectivity index (χ0) is 23.3. The van der Waals surface area contributed by atoms with E-state index in [1.54, 1.807) is 4.57 Å². The molecule has 0 radical (unpaired) electrons. The fourth-order valence-corrected chi connectivity index (χ4v) is 6.26. The molecule has 0 aliphatic heterocycles. The average molecular weight is 490 g/mol. The normalized spacial score (nSPS) is 13.8. The number of amides is 1. The molecule has 0 atom stereocenters. The van der Waals surface area contributed by atoms with Crippen LogP contribution < -0.4 is 10.9 Å². The van der Waals surface area contributed by atoms with Crippen LogP contribution >= 0.6 is 23.1 Å². The predicted molar refractivity (Wildman–Crippen MR) is 142 cm³/mol. The van der Waals surface area contributed by atoms with Gasteiger partial charge in [0, 0.05) is 16.6 Å². The zero-order valence-electron chi connectivity index (χ0n) is 19.0. The second-order valence-corrected chi connectivity index (χ2v) is 10.5. The molecule has 2 aromatic carbocycles. The first kappa shape index (κ1) is 22.9. The van der Waals surface area contributed by atoms with Crippen LogP contribution in [0.15, 0.2) is 76.2 Å². The molecule has 0 unspecified atom stereocenters. The summed E-state index contributed by atoms with van der Waals surface area (Å²) >= 11 is 2.81. The number of aromatic nitrogens is 2. The summed E-state index contributed by atoms with van der Waals surface area (Å²) in [7, 11) is 0. The van der Waals surface area contributed by atoms with Gasteiger partial charge in [-0.2, -0.15) is 0 Å². The minimum atomic E-state index is -0.0535. The smallest absolute Gasteiger partial charge is 0.272 e. The molecule has 0 saturated carbocycles. The lowest BCUT2D eigenvalue weighted by molar-refractivity contribution is -0.118. The van der Waals surface area contributed by atoms with Crippen molar-refractivity contribution in [2.24, 2.45) is 0 Å². The number of carbonyl (C=O) groups excluding carboxylic acids is 1. The van der Waals surface area contributed by atoms with E-state index < -0.39 is 0 Å². The molecule has 1 aliphatic carbocycles. The highest BCUT2D eigenvalue weighted by Gasteiger charge is 2.17. The van der Waals surface area contributed by atoms with Gasteiger partial charge in [0.2, 0.25) is 5.91 Å². The van der Waals surface area contributed by atoms with Crippen molar-refractivity contribution < 1.29 is 4.79 Å². The number of hydrogen-bond donors (Lipinski definition) is 1. The van der Waals surface area contributed by atoms with E-state index in [9.17, 15) is 9.59 Å². The summed E-state index contributed by atoms with van der Waals surface area (Å²) in [6.45, 7) is 1.08. The van der Waals surface area contributed by atoms with E-state index in [1.807, 2.05) is 54.6 Å². The van der Waals surface area contributed by atoms with E-state index in [0.717, 1.165) is 40.4 Å². The number of benzene rings is 2. The highest BCUT2D eigenvalue weighted by molar-refractivity contribution is 7.99. The SMILES string of the molecule is O=C(CSc1nc2c(sc3ccccc32)c(=O)n1Cc1ccccc1)NCCC1=CCCCC1. The summed E-state index contributed by atoms with van der Waals surface area (Å²) in [6, 6.07) is 17.9. The lowest BCUT2D eigenvalue weighted by Gasteiger charge is -2.14. The van der Waals surface area contributed by atoms with Gasteiger partial charge in [-0.3, -0.25) is 14.2 Å². The molecule has 2 aromatic heterocycles. The molecular weight excluding hydrogens is 462 g/mol. The van der Waals surface area contributed by atoms with Crippen LogP contribution in [0.4, 0.5) is 0 Å². The Balaban J connectivity index is 1.38. The second-order valence-electron chi connectivity index (χ2n) is 8.54. The molecule has 0 bridgehead atoms. The maximum absolute atomic E-state index is 13.5. The van der Waals surface area contributed by atoms with Gasteiger partial charge in [0.25, 0.3) is 5.56 Å². The van der Waals surface area contributed by atoms with Gasteiger partial charge in [0.1, 0.15) is 4.70 Å². The number of nitrogens with one attached hydrogen (secondary N) is 1. The molecule has 7 heteroatoms. The Morgan fingerprint density at radius 1 is 1.09 bits per heavy atom. The number of thioether (sulfide) groups is 1. The van der Waals surface area contributed by atoms with Gasteiger partial charge in [-0.25, -0.2) is 4.98 Å². The predicted octanol–water partition coefficient (Wildman–Crippen LogP) is 5.76. The number of thiophene rings is 1. The maximum atomic E-state index is 13.5. The molecule has 2 heterocycles. The molecule has 5 nitrogen and oxygen atoms in total. The van der Waals surface area contributed by atoms with Crippen LogP contribution in [-0.2, 0) is 11.3 Å². The fourth-order valence-electron chi connectivity index (χ4n) is 4.34. The van der Waals surface area contributed by atoms with E-state index in [1.165, 1.54) is 41.5 Å². The van der Waals surface area contributed by atoms with E-state index in [4.69, 9.17) is 4.98 Å². The molecule has 0 fully saturated rings. The van der Waals surface area contributed by atoms with E-state index in [2.05, 4.69) is 11.4 Å². The maximum Gasteiger partial charge on any atom is 0.272 e. The minimum absolute atomic E-state index is 0.0304. The number of allylic oxidation sites excluding steroid dienone is 1. The third-order valence-electron chi connectivity index (χ3n) is 6.12. The van der Waals surface area contributed by atoms with Crippen molar-refractivity contribution in [2.45, 2.75) is 43.8 Å². The van der Waals surface area contributed by atoms with Crippen LogP contribution in [-0.4, -0.2) is 27.8 Å². The largest absolute Gasteiger partial charge is 0.355 e. The van der Waals surface area contributed by atoms with E-state index in [0.29, 0.717) is 22.9 Å². The van der Waals surface area contributed by atoms with Crippen molar-refractivity contribution in [3.63, 3.8) is 0 Å². The number of nitrogens with zero attached hydrogens (tertiary/aromatic N) is 2. The van der Waals surface area contributed by atoms with Crippen LogP contribution in [0, 0.1) is 0 Å². The van der Waals surface area contributed by atoms with Gasteiger partial charge in [-0.05, 0) is 43.7 Å². The van der Waals surface area contributed by atoms with Gasteiger partial charge in [-0.15, -0.1) is 11.3 Å². The Bertz CT molecular complexity index is 1410. The summed E-state index contributed by atoms with van der Waals surface area (Å²) in [4.78, 5) is 31.0. The summed E-state index contributed by atoms with van der Waals surface area (Å²) in [6.07, 6.45) is 8.06. The summed E-state index contributed by atoms with van der Waals surface area (Å²) in [5, 5.41) is 4.60. The molecule has 34 heavy (non-hydrogen) atoms. The first-order valence-electron chi connectivity index (χ1n) is 11.7. The fraction of sp³-hybridized carbons (Fsp3) is 0.296. The van der Waals surface area contributed by atoms with Crippen molar-refractivity contribution in [1.82, 2.24) is 14.9 Å². The van der Waals surface area contributed by atoms with E-state index >= 15 is 0 Å². The number of rotatable bonds is 8. The Morgan fingerprint density at radius 2 is 1.91 bits per heavy atom. The monoisotopic (exact) mass is 489 g/mol. The molecule has 4 aromatic rings. The van der Waals surface area contributed by atoms with Crippen LogP contribution in [0.5, 0.6) is 0 Å². The van der Waals surface area contributed by atoms with Crippen molar-refractivity contribution in [2.75, 3.05) is 12.3 Å². The standard InChI is InChI=1S/C27H27N3O2S2/c31-23(28-16-15-19-9-3-1-4-10-19)18-33-27-29-24-21-13-7-8-14-22(21)34-25(24)26(32)30(27)17-20-11-5-2-6-12-20/h2,5-9,11-14H,1,3-4,10,15-18H2,(H,28,31). The Morgan fingerprint density at radius 3 is 2.74 bits per heavy atom. The zero-order valence-corrected chi connectivity index (χ0v) is 20.6. The lowest BCUT2D eigenvalue weighted by Crippen LogP contribution is -2.28. The van der Waals surface area contributed by atoms with E-state index in [-0.39, 0.29) is 17.2 Å². The van der Waals surface area contributed by atoms with Gasteiger partial charge < -0.3 is 5.32 Å². The third kappa shape index (κ3) is 5.10. The molecule has 1 N–H and O–H groups in total. The molecule has 0 saturated heterocycles. The first-order valence-corrected chi connectivity index (χ1v) is 13.5. The minimum Gasteiger partial charge on any atom is -0.355 e. The summed E-state index contributed by atoms with van der Waals surface area (Å²) < 4.78 is 3.41. The van der Waals surface area contributed by atoms with Crippen LogP contribution in [0.3, 0.4) is 0 Å². The molecule has 5 rings (SSSR count). The summed E-state index contributed by atoms with van der Waals surface area (Å²) in [5.41, 5.74) is 3.15.